The Morgan fingerprint density at radius 1 is 1.38 bits per heavy atom. The Balaban J connectivity index is 0.00000225. The molecule has 1 aromatic carbocycles. The molecule has 3 N–H and O–H groups in total. The number of hydrogen-bond donors (Lipinski definition) is 2. The van der Waals surface area contributed by atoms with Gasteiger partial charge in [-0.2, -0.15) is 0 Å². The van der Waals surface area contributed by atoms with Crippen molar-refractivity contribution in [1.29, 1.82) is 0 Å². The molecule has 92 valence electrons. The number of alkyl halides is 2. The largest absolute Gasteiger partial charge is 0.390 e. The van der Waals surface area contributed by atoms with Gasteiger partial charge in [-0.05, 0) is 23.8 Å². The van der Waals surface area contributed by atoms with Gasteiger partial charge in [-0.3, -0.25) is 0 Å². The summed E-state index contributed by atoms with van der Waals surface area (Å²) in [6.45, 7) is -1.40. The molecule has 0 spiro atoms. The molecule has 0 heterocycles. The van der Waals surface area contributed by atoms with Crippen LogP contribution in [0.2, 0.25) is 5.02 Å². The van der Waals surface area contributed by atoms with Crippen LogP contribution >= 0.6 is 24.0 Å². The summed E-state index contributed by atoms with van der Waals surface area (Å²) in [4.78, 5) is 0. The van der Waals surface area contributed by atoms with Gasteiger partial charge in [-0.15, -0.1) is 12.4 Å². The molecule has 2 nitrogen and oxygen atoms in total. The highest BCUT2D eigenvalue weighted by Gasteiger charge is 2.37. The van der Waals surface area contributed by atoms with E-state index in [0.717, 1.165) is 18.2 Å². The molecule has 0 saturated heterocycles. The molecule has 1 aromatic rings. The van der Waals surface area contributed by atoms with Crippen molar-refractivity contribution < 1.29 is 18.3 Å². The Morgan fingerprint density at radius 3 is 2.38 bits per heavy atom. The van der Waals surface area contributed by atoms with Crippen molar-refractivity contribution >= 4 is 24.0 Å². The average molecular weight is 276 g/mol. The lowest BCUT2D eigenvalue weighted by atomic mass is 10.0. The first-order chi connectivity index (χ1) is 6.86. The van der Waals surface area contributed by atoms with E-state index in [1.165, 1.54) is 0 Å². The molecule has 0 saturated carbocycles. The number of rotatable bonds is 3. The van der Waals surface area contributed by atoms with E-state index < -0.39 is 24.4 Å². The van der Waals surface area contributed by atoms with Crippen LogP contribution < -0.4 is 5.73 Å². The summed E-state index contributed by atoms with van der Waals surface area (Å²) in [5.41, 5.74) is 5.03. The second kappa shape index (κ2) is 5.72. The monoisotopic (exact) mass is 275 g/mol. The maximum atomic E-state index is 13.0. The van der Waals surface area contributed by atoms with E-state index in [4.69, 9.17) is 22.4 Å². The highest BCUT2D eigenvalue weighted by atomic mass is 35.5. The van der Waals surface area contributed by atoms with E-state index in [2.05, 4.69) is 0 Å². The lowest BCUT2D eigenvalue weighted by Gasteiger charge is -2.21. The SMILES string of the molecule is Cl.N[C@H](c1cc(F)cc(Cl)c1)C(F)(F)CO. The Labute approximate surface area is 102 Å². The van der Waals surface area contributed by atoms with Gasteiger partial charge in [0.25, 0.3) is 5.92 Å². The van der Waals surface area contributed by atoms with Crippen molar-refractivity contribution in [3.8, 4) is 0 Å². The quantitative estimate of drug-likeness (QED) is 0.891. The van der Waals surface area contributed by atoms with Crippen LogP contribution in [0.25, 0.3) is 0 Å². The molecule has 0 unspecified atom stereocenters. The molecule has 0 aromatic heterocycles. The van der Waals surface area contributed by atoms with Crippen LogP contribution in [0.3, 0.4) is 0 Å². The predicted octanol–water partition coefficient (Wildman–Crippen LogP) is 2.53. The third-order valence-corrected chi connectivity index (χ3v) is 2.13. The van der Waals surface area contributed by atoms with E-state index in [1.807, 2.05) is 0 Å². The second-order valence-corrected chi connectivity index (χ2v) is 3.54. The van der Waals surface area contributed by atoms with Gasteiger partial charge in [0.15, 0.2) is 0 Å². The van der Waals surface area contributed by atoms with Crippen LogP contribution in [-0.4, -0.2) is 17.6 Å². The number of benzene rings is 1. The highest BCUT2D eigenvalue weighted by molar-refractivity contribution is 6.30. The number of halogens is 5. The number of aliphatic hydroxyl groups excluding tert-OH is 1. The summed E-state index contributed by atoms with van der Waals surface area (Å²) in [5.74, 6) is -4.25. The Hall–Kier alpha value is -0.490. The fourth-order valence-corrected chi connectivity index (χ4v) is 1.33. The van der Waals surface area contributed by atoms with Crippen LogP contribution in [0, 0.1) is 5.82 Å². The molecular weight excluding hydrogens is 266 g/mol. The van der Waals surface area contributed by atoms with E-state index in [9.17, 15) is 13.2 Å². The lowest BCUT2D eigenvalue weighted by Crippen LogP contribution is -2.36. The van der Waals surface area contributed by atoms with E-state index in [-0.39, 0.29) is 23.0 Å². The Morgan fingerprint density at radius 2 is 1.94 bits per heavy atom. The van der Waals surface area contributed by atoms with E-state index in [0.29, 0.717) is 0 Å². The minimum atomic E-state index is -3.50. The third-order valence-electron chi connectivity index (χ3n) is 1.91. The van der Waals surface area contributed by atoms with Gasteiger partial charge < -0.3 is 10.8 Å². The van der Waals surface area contributed by atoms with Gasteiger partial charge in [0.2, 0.25) is 0 Å². The molecule has 0 fully saturated rings. The minimum absolute atomic E-state index is 0. The molecule has 0 amide bonds. The zero-order valence-electron chi connectivity index (χ0n) is 7.96. The Kier molecular flexibility index (Phi) is 5.55. The normalized spacial score (nSPS) is 13.1. The van der Waals surface area contributed by atoms with Gasteiger partial charge in [0.1, 0.15) is 12.4 Å². The van der Waals surface area contributed by atoms with Crippen molar-refractivity contribution in [2.75, 3.05) is 6.61 Å². The first-order valence-electron chi connectivity index (χ1n) is 4.07. The number of hydrogen-bond acceptors (Lipinski definition) is 2. The van der Waals surface area contributed by atoms with E-state index >= 15 is 0 Å². The average Bonchev–Trinajstić information content (AvgIpc) is 2.15. The number of aliphatic hydroxyl groups is 1. The topological polar surface area (TPSA) is 46.2 Å². The van der Waals surface area contributed by atoms with Gasteiger partial charge in [0.05, 0.1) is 6.04 Å². The van der Waals surface area contributed by atoms with Crippen molar-refractivity contribution in [2.45, 2.75) is 12.0 Å². The van der Waals surface area contributed by atoms with E-state index in [1.54, 1.807) is 0 Å². The molecule has 1 atom stereocenters. The molecular formula is C9H10Cl2F3NO. The summed E-state index contributed by atoms with van der Waals surface area (Å²) in [7, 11) is 0. The molecule has 0 aliphatic carbocycles. The standard InChI is InChI=1S/C9H9ClF3NO.ClH/c10-6-1-5(2-7(11)3-6)8(14)9(12,13)4-15;/h1-3,8,15H,4,14H2;1H/t8-;/m1./s1. The summed E-state index contributed by atoms with van der Waals surface area (Å²) >= 11 is 5.48. The van der Waals surface area contributed by atoms with Crippen molar-refractivity contribution in [1.82, 2.24) is 0 Å². The second-order valence-electron chi connectivity index (χ2n) is 3.10. The first-order valence-corrected chi connectivity index (χ1v) is 4.45. The summed E-state index contributed by atoms with van der Waals surface area (Å²) in [6.07, 6.45) is 0. The van der Waals surface area contributed by atoms with Crippen molar-refractivity contribution in [3.05, 3.63) is 34.6 Å². The van der Waals surface area contributed by atoms with Gasteiger partial charge in [0, 0.05) is 5.02 Å². The van der Waals surface area contributed by atoms with Crippen LogP contribution in [0.5, 0.6) is 0 Å². The summed E-state index contributed by atoms with van der Waals surface area (Å²) < 4.78 is 38.7. The molecule has 7 heteroatoms. The van der Waals surface area contributed by atoms with Crippen LogP contribution in [0.4, 0.5) is 13.2 Å². The summed E-state index contributed by atoms with van der Waals surface area (Å²) in [5, 5.41) is 8.39. The van der Waals surface area contributed by atoms with Crippen molar-refractivity contribution in [3.63, 3.8) is 0 Å². The Bertz CT molecular complexity index is 342. The van der Waals surface area contributed by atoms with Gasteiger partial charge >= 0.3 is 0 Å². The molecule has 0 bridgehead atoms. The number of nitrogens with two attached hydrogens (primary N) is 1. The molecule has 0 aliphatic heterocycles. The molecule has 0 aliphatic rings. The van der Waals surface area contributed by atoms with Crippen molar-refractivity contribution in [2.24, 2.45) is 5.73 Å². The van der Waals surface area contributed by atoms with Gasteiger partial charge in [-0.25, -0.2) is 13.2 Å². The van der Waals surface area contributed by atoms with Crippen LogP contribution in [0.1, 0.15) is 11.6 Å². The molecule has 16 heavy (non-hydrogen) atoms. The highest BCUT2D eigenvalue weighted by Crippen LogP contribution is 2.30. The maximum Gasteiger partial charge on any atom is 0.289 e. The lowest BCUT2D eigenvalue weighted by molar-refractivity contribution is -0.0712. The van der Waals surface area contributed by atoms with Crippen LogP contribution in [-0.2, 0) is 0 Å². The zero-order valence-corrected chi connectivity index (χ0v) is 9.53. The minimum Gasteiger partial charge on any atom is -0.390 e. The molecule has 0 radical (unpaired) electrons. The third kappa shape index (κ3) is 3.52. The molecule has 1 rings (SSSR count). The predicted molar refractivity (Wildman–Crippen MR) is 57.6 cm³/mol. The fraction of sp³-hybridized carbons (Fsp3) is 0.333. The fourth-order valence-electron chi connectivity index (χ4n) is 1.10. The first kappa shape index (κ1) is 15.5. The van der Waals surface area contributed by atoms with Crippen LogP contribution in [0.15, 0.2) is 18.2 Å². The van der Waals surface area contributed by atoms with Gasteiger partial charge in [-0.1, -0.05) is 11.6 Å². The summed E-state index contributed by atoms with van der Waals surface area (Å²) in [6, 6.07) is 1.20. The smallest absolute Gasteiger partial charge is 0.289 e. The zero-order chi connectivity index (χ0) is 11.6. The maximum absolute atomic E-state index is 13.0.